The van der Waals surface area contributed by atoms with E-state index in [4.69, 9.17) is 0 Å². The van der Waals surface area contributed by atoms with Gasteiger partial charge in [0.05, 0.1) is 4.90 Å². The summed E-state index contributed by atoms with van der Waals surface area (Å²) in [7, 11) is -3.61. The Morgan fingerprint density at radius 2 is 1.64 bits per heavy atom. The summed E-state index contributed by atoms with van der Waals surface area (Å²) in [5.41, 5.74) is 2.32. The molecule has 0 aliphatic carbocycles. The van der Waals surface area contributed by atoms with Gasteiger partial charge in [-0.1, -0.05) is 13.0 Å². The van der Waals surface area contributed by atoms with Crippen LogP contribution in [0.2, 0.25) is 0 Å². The first-order chi connectivity index (χ1) is 13.1. The van der Waals surface area contributed by atoms with E-state index in [1.807, 2.05) is 6.92 Å². The molecule has 0 bridgehead atoms. The molecular formula is C20H25N3O4S. The van der Waals surface area contributed by atoms with E-state index in [2.05, 4.69) is 15.4 Å². The van der Waals surface area contributed by atoms with E-state index in [1.165, 1.54) is 24.3 Å². The minimum Gasteiger partial charge on any atom is -0.326 e. The van der Waals surface area contributed by atoms with Gasteiger partial charge in [0, 0.05) is 29.4 Å². The molecule has 0 spiro atoms. The molecule has 2 rings (SSSR count). The topological polar surface area (TPSA) is 104 Å². The Hall–Kier alpha value is -2.71. The van der Waals surface area contributed by atoms with Crippen molar-refractivity contribution in [2.45, 2.75) is 45.1 Å². The molecule has 150 valence electrons. The van der Waals surface area contributed by atoms with Crippen molar-refractivity contribution >= 4 is 33.2 Å². The lowest BCUT2D eigenvalue weighted by Crippen LogP contribution is -2.30. The molecule has 0 saturated carbocycles. The van der Waals surface area contributed by atoms with Crippen LogP contribution >= 0.6 is 0 Å². The molecule has 0 fully saturated rings. The van der Waals surface area contributed by atoms with Gasteiger partial charge in [-0.2, -0.15) is 0 Å². The van der Waals surface area contributed by atoms with E-state index in [0.29, 0.717) is 23.4 Å². The summed E-state index contributed by atoms with van der Waals surface area (Å²) in [6, 6.07) is 10.7. The maximum Gasteiger partial charge on any atom is 0.255 e. The number of benzene rings is 2. The molecule has 28 heavy (non-hydrogen) atoms. The predicted octanol–water partition coefficient (Wildman–Crippen LogP) is 3.28. The van der Waals surface area contributed by atoms with Gasteiger partial charge in [0.25, 0.3) is 5.91 Å². The zero-order valence-electron chi connectivity index (χ0n) is 16.4. The Morgan fingerprint density at radius 1 is 1.00 bits per heavy atom. The van der Waals surface area contributed by atoms with Crippen molar-refractivity contribution in [2.24, 2.45) is 0 Å². The monoisotopic (exact) mass is 403 g/mol. The van der Waals surface area contributed by atoms with Gasteiger partial charge in [-0.25, -0.2) is 13.1 Å². The lowest BCUT2D eigenvalue weighted by molar-refractivity contribution is -0.115. The SMILES string of the molecule is CCC(=O)Nc1ccc(C)c(NC(=O)c2ccc(S(=O)(=O)NC(C)C)cc2)c1. The highest BCUT2D eigenvalue weighted by molar-refractivity contribution is 7.89. The van der Waals surface area contributed by atoms with E-state index >= 15 is 0 Å². The van der Waals surface area contributed by atoms with Gasteiger partial charge >= 0.3 is 0 Å². The van der Waals surface area contributed by atoms with E-state index in [9.17, 15) is 18.0 Å². The molecule has 0 saturated heterocycles. The van der Waals surface area contributed by atoms with E-state index in [1.54, 1.807) is 39.0 Å². The first-order valence-corrected chi connectivity index (χ1v) is 10.4. The van der Waals surface area contributed by atoms with Crippen molar-refractivity contribution in [1.82, 2.24) is 4.72 Å². The average molecular weight is 404 g/mol. The van der Waals surface area contributed by atoms with Crippen molar-refractivity contribution < 1.29 is 18.0 Å². The fourth-order valence-corrected chi connectivity index (χ4v) is 3.69. The summed E-state index contributed by atoms with van der Waals surface area (Å²) < 4.78 is 26.8. The molecule has 0 aliphatic rings. The van der Waals surface area contributed by atoms with Gasteiger partial charge in [0.15, 0.2) is 0 Å². The molecule has 0 unspecified atom stereocenters. The van der Waals surface area contributed by atoms with E-state index in [0.717, 1.165) is 5.56 Å². The summed E-state index contributed by atoms with van der Waals surface area (Å²) in [6.45, 7) is 7.07. The molecule has 3 N–H and O–H groups in total. The molecule has 2 aromatic carbocycles. The number of hydrogen-bond acceptors (Lipinski definition) is 4. The third-order valence-electron chi connectivity index (χ3n) is 3.91. The minimum atomic E-state index is -3.61. The highest BCUT2D eigenvalue weighted by Gasteiger charge is 2.16. The van der Waals surface area contributed by atoms with Crippen molar-refractivity contribution in [3.05, 3.63) is 53.6 Å². The van der Waals surface area contributed by atoms with Gasteiger partial charge in [-0.15, -0.1) is 0 Å². The number of aryl methyl sites for hydroxylation is 1. The van der Waals surface area contributed by atoms with Crippen LogP contribution in [0, 0.1) is 6.92 Å². The molecule has 0 aliphatic heterocycles. The van der Waals surface area contributed by atoms with Crippen LogP contribution in [-0.4, -0.2) is 26.3 Å². The first kappa shape index (κ1) is 21.6. The van der Waals surface area contributed by atoms with Gasteiger partial charge < -0.3 is 10.6 Å². The van der Waals surface area contributed by atoms with Crippen molar-refractivity contribution in [1.29, 1.82) is 0 Å². The van der Waals surface area contributed by atoms with Crippen molar-refractivity contribution in [3.63, 3.8) is 0 Å². The Morgan fingerprint density at radius 3 is 2.21 bits per heavy atom. The number of amides is 2. The second kappa shape index (κ2) is 8.99. The van der Waals surface area contributed by atoms with Crippen molar-refractivity contribution in [3.8, 4) is 0 Å². The summed E-state index contributed by atoms with van der Waals surface area (Å²) in [4.78, 5) is 24.2. The van der Waals surface area contributed by atoms with Crippen LogP contribution in [0.5, 0.6) is 0 Å². The fourth-order valence-electron chi connectivity index (χ4n) is 2.44. The number of carbonyl (C=O) groups excluding carboxylic acids is 2. The second-order valence-electron chi connectivity index (χ2n) is 6.69. The number of sulfonamides is 1. The highest BCUT2D eigenvalue weighted by Crippen LogP contribution is 2.21. The third kappa shape index (κ3) is 5.64. The molecule has 0 aromatic heterocycles. The maximum absolute atomic E-state index is 12.5. The lowest BCUT2D eigenvalue weighted by Gasteiger charge is -2.12. The highest BCUT2D eigenvalue weighted by atomic mass is 32.2. The molecular weight excluding hydrogens is 378 g/mol. The number of anilines is 2. The minimum absolute atomic E-state index is 0.0956. The van der Waals surface area contributed by atoms with Crippen LogP contribution in [0.4, 0.5) is 11.4 Å². The second-order valence-corrected chi connectivity index (χ2v) is 8.40. The first-order valence-electron chi connectivity index (χ1n) is 8.96. The number of carbonyl (C=O) groups is 2. The van der Waals surface area contributed by atoms with Crippen molar-refractivity contribution in [2.75, 3.05) is 10.6 Å². The van der Waals surface area contributed by atoms with Crippen LogP contribution in [-0.2, 0) is 14.8 Å². The van der Waals surface area contributed by atoms with Crippen LogP contribution in [0.25, 0.3) is 0 Å². The van der Waals surface area contributed by atoms with Crippen LogP contribution in [0.1, 0.15) is 43.1 Å². The summed E-state index contributed by atoms with van der Waals surface area (Å²) in [5, 5.41) is 5.54. The van der Waals surface area contributed by atoms with Gasteiger partial charge in [-0.05, 0) is 62.7 Å². The zero-order valence-corrected chi connectivity index (χ0v) is 17.2. The molecule has 2 amide bonds. The molecule has 0 atom stereocenters. The molecule has 8 heteroatoms. The quantitative estimate of drug-likeness (QED) is 0.660. The molecule has 2 aromatic rings. The molecule has 0 heterocycles. The van der Waals surface area contributed by atoms with Gasteiger partial charge in [-0.3, -0.25) is 9.59 Å². The van der Waals surface area contributed by atoms with Gasteiger partial charge in [0.2, 0.25) is 15.9 Å². The van der Waals surface area contributed by atoms with Gasteiger partial charge in [0.1, 0.15) is 0 Å². The zero-order chi connectivity index (χ0) is 20.9. The average Bonchev–Trinajstić information content (AvgIpc) is 2.63. The Balaban J connectivity index is 2.17. The maximum atomic E-state index is 12.5. The number of hydrogen-bond donors (Lipinski definition) is 3. The summed E-state index contributed by atoms with van der Waals surface area (Å²) in [5.74, 6) is -0.490. The Labute approximate surface area is 165 Å². The predicted molar refractivity (Wildman–Crippen MR) is 110 cm³/mol. The largest absolute Gasteiger partial charge is 0.326 e. The Bertz CT molecular complexity index is 967. The number of nitrogens with one attached hydrogen (secondary N) is 3. The van der Waals surface area contributed by atoms with Crippen LogP contribution in [0.15, 0.2) is 47.4 Å². The Kier molecular flexibility index (Phi) is 6.93. The normalized spacial score (nSPS) is 11.3. The van der Waals surface area contributed by atoms with E-state index in [-0.39, 0.29) is 22.8 Å². The smallest absolute Gasteiger partial charge is 0.255 e. The molecule has 7 nitrogen and oxygen atoms in total. The lowest BCUT2D eigenvalue weighted by atomic mass is 10.1. The molecule has 0 radical (unpaired) electrons. The van der Waals surface area contributed by atoms with E-state index < -0.39 is 10.0 Å². The van der Waals surface area contributed by atoms with Crippen LogP contribution < -0.4 is 15.4 Å². The summed E-state index contributed by atoms with van der Waals surface area (Å²) in [6.07, 6.45) is 0.358. The standard InChI is InChI=1S/C20H25N3O4S/c1-5-19(24)21-16-9-6-14(4)18(12-16)22-20(25)15-7-10-17(11-8-15)28(26,27)23-13(2)3/h6-13,23H,5H2,1-4H3,(H,21,24)(H,22,25). The van der Waals surface area contributed by atoms with Crippen LogP contribution in [0.3, 0.4) is 0 Å². The third-order valence-corrected chi connectivity index (χ3v) is 5.58. The number of rotatable bonds is 7. The fraction of sp³-hybridized carbons (Fsp3) is 0.300. The summed E-state index contributed by atoms with van der Waals surface area (Å²) >= 11 is 0.